The van der Waals surface area contributed by atoms with E-state index in [4.69, 9.17) is 22.1 Å². The van der Waals surface area contributed by atoms with Crippen LogP contribution in [0.3, 0.4) is 0 Å². The summed E-state index contributed by atoms with van der Waals surface area (Å²) >= 11 is 6.05. The van der Waals surface area contributed by atoms with E-state index < -0.39 is 0 Å². The zero-order valence-electron chi connectivity index (χ0n) is 10.8. The van der Waals surface area contributed by atoms with Crippen LogP contribution >= 0.6 is 11.6 Å². The number of aromatic nitrogens is 2. The summed E-state index contributed by atoms with van der Waals surface area (Å²) in [7, 11) is 1.60. The molecule has 1 aromatic heterocycles. The van der Waals surface area contributed by atoms with Crippen molar-refractivity contribution in [2.45, 2.75) is 0 Å². The van der Waals surface area contributed by atoms with Crippen LogP contribution in [-0.2, 0) is 0 Å². The number of halogens is 1. The Kier molecular flexibility index (Phi) is 3.16. The summed E-state index contributed by atoms with van der Waals surface area (Å²) < 4.78 is 5.33. The summed E-state index contributed by atoms with van der Waals surface area (Å²) in [4.78, 5) is 8.33. The number of anilines is 1. The molecule has 0 saturated carbocycles. The first-order valence-corrected chi connectivity index (χ1v) is 6.42. The van der Waals surface area contributed by atoms with Crippen LogP contribution < -0.4 is 10.5 Å². The van der Waals surface area contributed by atoms with Crippen molar-refractivity contribution in [1.82, 2.24) is 9.97 Å². The summed E-state index contributed by atoms with van der Waals surface area (Å²) in [6, 6.07) is 11.5. The fourth-order valence-corrected chi connectivity index (χ4v) is 2.37. The molecule has 0 atom stereocenters. The second-order valence-corrected chi connectivity index (χ2v) is 4.75. The topological polar surface area (TPSA) is 61.0 Å². The molecule has 2 aromatic carbocycles. The third-order valence-electron chi connectivity index (χ3n) is 3.09. The number of nitrogens with two attached hydrogens (primary N) is 1. The molecular formula is C15H12ClN3O. The molecule has 3 rings (SSSR count). The van der Waals surface area contributed by atoms with Crippen molar-refractivity contribution < 1.29 is 4.74 Å². The summed E-state index contributed by atoms with van der Waals surface area (Å²) in [6.45, 7) is 0. The van der Waals surface area contributed by atoms with Crippen LogP contribution in [-0.4, -0.2) is 17.1 Å². The lowest BCUT2D eigenvalue weighted by atomic mass is 10.0. The third-order valence-corrected chi connectivity index (χ3v) is 3.32. The van der Waals surface area contributed by atoms with Crippen LogP contribution in [0.1, 0.15) is 0 Å². The Morgan fingerprint density at radius 2 is 2.05 bits per heavy atom. The summed E-state index contributed by atoms with van der Waals surface area (Å²) in [5.41, 5.74) is 8.34. The zero-order chi connectivity index (χ0) is 14.1. The number of hydrogen-bond donors (Lipinski definition) is 1. The number of fused-ring (bicyclic) bond motifs is 1. The average molecular weight is 286 g/mol. The molecule has 0 amide bonds. The molecule has 20 heavy (non-hydrogen) atoms. The highest BCUT2D eigenvalue weighted by Gasteiger charge is 2.10. The van der Waals surface area contributed by atoms with Crippen molar-refractivity contribution in [3.05, 3.63) is 47.6 Å². The molecule has 4 nitrogen and oxygen atoms in total. The van der Waals surface area contributed by atoms with Crippen molar-refractivity contribution in [2.24, 2.45) is 0 Å². The Balaban J connectivity index is 2.32. The molecule has 100 valence electrons. The highest BCUT2D eigenvalue weighted by Crippen LogP contribution is 2.34. The first-order valence-electron chi connectivity index (χ1n) is 6.04. The van der Waals surface area contributed by atoms with E-state index >= 15 is 0 Å². The molecule has 5 heteroatoms. The Bertz CT molecular complexity index is 789. The number of rotatable bonds is 2. The van der Waals surface area contributed by atoms with Crippen molar-refractivity contribution in [1.29, 1.82) is 0 Å². The van der Waals surface area contributed by atoms with Gasteiger partial charge in [0, 0.05) is 16.6 Å². The lowest BCUT2D eigenvalue weighted by Crippen LogP contribution is -1.97. The van der Waals surface area contributed by atoms with E-state index in [2.05, 4.69) is 9.97 Å². The second-order valence-electron chi connectivity index (χ2n) is 4.32. The fraction of sp³-hybridized carbons (Fsp3) is 0.0667. The molecule has 0 aliphatic rings. The molecule has 0 aliphatic carbocycles. The molecule has 2 N–H and O–H groups in total. The highest BCUT2D eigenvalue weighted by atomic mass is 35.5. The normalized spacial score (nSPS) is 10.7. The van der Waals surface area contributed by atoms with E-state index in [0.717, 1.165) is 16.5 Å². The van der Waals surface area contributed by atoms with Crippen LogP contribution in [0, 0.1) is 0 Å². The minimum absolute atomic E-state index is 0.221. The Morgan fingerprint density at radius 3 is 2.80 bits per heavy atom. The first kappa shape index (κ1) is 12.7. The molecule has 0 bridgehead atoms. The van der Waals surface area contributed by atoms with E-state index in [-0.39, 0.29) is 5.95 Å². The van der Waals surface area contributed by atoms with Gasteiger partial charge in [-0.25, -0.2) is 9.97 Å². The fourth-order valence-electron chi connectivity index (χ4n) is 2.18. The van der Waals surface area contributed by atoms with Crippen LogP contribution in [0.4, 0.5) is 5.95 Å². The van der Waals surface area contributed by atoms with Gasteiger partial charge in [0.1, 0.15) is 11.3 Å². The van der Waals surface area contributed by atoms with Gasteiger partial charge in [-0.2, -0.15) is 0 Å². The number of nitrogens with zero attached hydrogens (tertiary/aromatic N) is 2. The lowest BCUT2D eigenvalue weighted by Gasteiger charge is -2.10. The van der Waals surface area contributed by atoms with Gasteiger partial charge in [0.2, 0.25) is 5.95 Å². The Labute approximate surface area is 121 Å². The summed E-state index contributed by atoms with van der Waals surface area (Å²) in [5, 5.41) is 1.56. The molecule has 3 aromatic rings. The van der Waals surface area contributed by atoms with E-state index in [0.29, 0.717) is 16.3 Å². The van der Waals surface area contributed by atoms with E-state index in [1.807, 2.05) is 36.4 Å². The maximum absolute atomic E-state index is 6.05. The van der Waals surface area contributed by atoms with Gasteiger partial charge in [-0.15, -0.1) is 0 Å². The quantitative estimate of drug-likeness (QED) is 0.782. The molecule has 0 spiro atoms. The monoisotopic (exact) mass is 285 g/mol. The van der Waals surface area contributed by atoms with Crippen molar-refractivity contribution in [3.63, 3.8) is 0 Å². The smallest absolute Gasteiger partial charge is 0.220 e. The maximum Gasteiger partial charge on any atom is 0.220 e. The van der Waals surface area contributed by atoms with Gasteiger partial charge in [-0.05, 0) is 35.4 Å². The van der Waals surface area contributed by atoms with Gasteiger partial charge in [0.15, 0.2) is 0 Å². The molecule has 0 radical (unpaired) electrons. The maximum atomic E-state index is 6.05. The lowest BCUT2D eigenvalue weighted by molar-refractivity contribution is 0.419. The number of ether oxygens (including phenoxy) is 1. The SMILES string of the molecule is COc1ccc(-c2cccc(Cl)c2)c2cnc(N)nc12. The van der Waals surface area contributed by atoms with Gasteiger partial charge < -0.3 is 10.5 Å². The zero-order valence-corrected chi connectivity index (χ0v) is 11.6. The largest absolute Gasteiger partial charge is 0.494 e. The molecule has 0 unspecified atom stereocenters. The number of hydrogen-bond acceptors (Lipinski definition) is 4. The molecule has 0 saturated heterocycles. The van der Waals surface area contributed by atoms with Gasteiger partial charge >= 0.3 is 0 Å². The summed E-state index contributed by atoms with van der Waals surface area (Å²) in [5.74, 6) is 0.888. The minimum Gasteiger partial charge on any atom is -0.494 e. The van der Waals surface area contributed by atoms with Crippen LogP contribution in [0.5, 0.6) is 5.75 Å². The van der Waals surface area contributed by atoms with Crippen molar-refractivity contribution in [3.8, 4) is 16.9 Å². The van der Waals surface area contributed by atoms with E-state index in [1.165, 1.54) is 0 Å². The first-order chi connectivity index (χ1) is 9.69. The number of benzene rings is 2. The minimum atomic E-state index is 0.221. The predicted molar refractivity (Wildman–Crippen MR) is 80.9 cm³/mol. The van der Waals surface area contributed by atoms with Gasteiger partial charge in [-0.1, -0.05) is 23.7 Å². The van der Waals surface area contributed by atoms with Gasteiger partial charge in [0.05, 0.1) is 7.11 Å². The molecule has 0 aliphatic heterocycles. The second kappa shape index (κ2) is 4.98. The van der Waals surface area contributed by atoms with Crippen LogP contribution in [0.25, 0.3) is 22.0 Å². The highest BCUT2D eigenvalue weighted by molar-refractivity contribution is 6.30. The van der Waals surface area contributed by atoms with E-state index in [1.54, 1.807) is 13.3 Å². The molecular weight excluding hydrogens is 274 g/mol. The average Bonchev–Trinajstić information content (AvgIpc) is 2.46. The molecule has 1 heterocycles. The van der Waals surface area contributed by atoms with Gasteiger partial charge in [0.25, 0.3) is 0 Å². The Morgan fingerprint density at radius 1 is 1.20 bits per heavy atom. The predicted octanol–water partition coefficient (Wildman–Crippen LogP) is 3.54. The number of nitrogen functional groups attached to an aromatic ring is 1. The van der Waals surface area contributed by atoms with Crippen molar-refractivity contribution in [2.75, 3.05) is 12.8 Å². The van der Waals surface area contributed by atoms with Crippen LogP contribution in [0.2, 0.25) is 5.02 Å². The standard InChI is InChI=1S/C15H12ClN3O/c1-20-13-6-5-11(9-3-2-4-10(16)7-9)12-8-18-15(17)19-14(12)13/h2-8H,1H3,(H2,17,18,19). The van der Waals surface area contributed by atoms with E-state index in [9.17, 15) is 0 Å². The molecule has 0 fully saturated rings. The third kappa shape index (κ3) is 2.14. The Hall–Kier alpha value is -2.33. The number of methoxy groups -OCH3 is 1. The van der Waals surface area contributed by atoms with Crippen molar-refractivity contribution >= 4 is 28.5 Å². The summed E-state index contributed by atoms with van der Waals surface area (Å²) in [6.07, 6.45) is 1.70. The van der Waals surface area contributed by atoms with Crippen LogP contribution in [0.15, 0.2) is 42.6 Å². The van der Waals surface area contributed by atoms with Gasteiger partial charge in [-0.3, -0.25) is 0 Å².